The summed E-state index contributed by atoms with van der Waals surface area (Å²) in [5.41, 5.74) is 1.85. The summed E-state index contributed by atoms with van der Waals surface area (Å²) in [4.78, 5) is 22.3. The van der Waals surface area contributed by atoms with Crippen molar-refractivity contribution < 1.29 is 14.7 Å². The first-order chi connectivity index (χ1) is 9.11. The summed E-state index contributed by atoms with van der Waals surface area (Å²) in [5.74, 6) is 0.0109. The van der Waals surface area contributed by atoms with Gasteiger partial charge in [0.1, 0.15) is 5.78 Å². The summed E-state index contributed by atoms with van der Waals surface area (Å²) >= 11 is 0. The van der Waals surface area contributed by atoms with Crippen LogP contribution in [0.25, 0.3) is 0 Å². The molecule has 1 aromatic carbocycles. The minimum absolute atomic E-state index is 0.0523. The fourth-order valence-electron chi connectivity index (χ4n) is 1.51. The zero-order valence-corrected chi connectivity index (χ0v) is 11.9. The van der Waals surface area contributed by atoms with Crippen LogP contribution >= 0.6 is 0 Å². The molecule has 0 saturated heterocycles. The Bertz CT molecular complexity index is 385. The van der Waals surface area contributed by atoms with Gasteiger partial charge in [-0.15, -0.1) is 0 Å². The van der Waals surface area contributed by atoms with Crippen molar-refractivity contribution in [3.8, 4) is 0 Å². The van der Waals surface area contributed by atoms with Crippen LogP contribution in [-0.4, -0.2) is 29.9 Å². The molecule has 0 bridgehead atoms. The monoisotopic (exact) mass is 265 g/mol. The van der Waals surface area contributed by atoms with Gasteiger partial charge in [-0.25, -0.2) is 0 Å². The van der Waals surface area contributed by atoms with Crippen molar-refractivity contribution in [3.05, 3.63) is 35.4 Å². The van der Waals surface area contributed by atoms with Gasteiger partial charge in [0.05, 0.1) is 13.0 Å². The largest absolute Gasteiger partial charge is 0.395 e. The number of aliphatic hydroxyl groups is 1. The lowest BCUT2D eigenvalue weighted by Gasteiger charge is -2.04. The van der Waals surface area contributed by atoms with Gasteiger partial charge in [0.15, 0.2) is 0 Å². The van der Waals surface area contributed by atoms with Crippen LogP contribution in [0, 0.1) is 0 Å². The molecule has 0 unspecified atom stereocenters. The minimum atomic E-state index is -0.113. The number of aliphatic hydroxyl groups excluding tert-OH is 1. The lowest BCUT2D eigenvalue weighted by molar-refractivity contribution is -0.120. The molecule has 0 heterocycles. The molecule has 0 aromatic heterocycles. The molecule has 0 spiro atoms. The highest BCUT2D eigenvalue weighted by atomic mass is 16.3. The average molecular weight is 265 g/mol. The number of hydrogen-bond donors (Lipinski definition) is 2. The molecule has 2 N–H and O–H groups in total. The first kappa shape index (κ1) is 17.3. The molecule has 0 atom stereocenters. The zero-order chi connectivity index (χ0) is 14.7. The topological polar surface area (TPSA) is 66.4 Å². The van der Waals surface area contributed by atoms with Gasteiger partial charge in [0, 0.05) is 13.0 Å². The molecule has 0 aliphatic carbocycles. The number of benzene rings is 1. The summed E-state index contributed by atoms with van der Waals surface area (Å²) < 4.78 is 0. The molecule has 19 heavy (non-hydrogen) atoms. The van der Waals surface area contributed by atoms with Gasteiger partial charge in [-0.1, -0.05) is 38.1 Å². The predicted octanol–water partition coefficient (Wildman–Crippen LogP) is 1.50. The zero-order valence-electron chi connectivity index (χ0n) is 11.9. The Balaban J connectivity index is 0.00000154. The number of rotatable bonds is 6. The maximum atomic E-state index is 11.4. The van der Waals surface area contributed by atoms with Crippen molar-refractivity contribution in [2.75, 3.05) is 13.2 Å². The third-order valence-electron chi connectivity index (χ3n) is 2.27. The Labute approximate surface area is 114 Å². The van der Waals surface area contributed by atoms with E-state index in [0.29, 0.717) is 12.8 Å². The van der Waals surface area contributed by atoms with Crippen molar-refractivity contribution in [3.63, 3.8) is 0 Å². The Kier molecular flexibility index (Phi) is 9.35. The molecule has 106 valence electrons. The summed E-state index contributed by atoms with van der Waals surface area (Å²) in [6.45, 7) is 5.78. The highest BCUT2D eigenvalue weighted by molar-refractivity contribution is 5.79. The molecular weight excluding hydrogens is 242 g/mol. The van der Waals surface area contributed by atoms with E-state index in [2.05, 4.69) is 5.32 Å². The Morgan fingerprint density at radius 3 is 1.95 bits per heavy atom. The Morgan fingerprint density at radius 1 is 1.05 bits per heavy atom. The number of amides is 1. The fraction of sp³-hybridized carbons (Fsp3) is 0.467. The fourth-order valence-corrected chi connectivity index (χ4v) is 1.51. The summed E-state index contributed by atoms with van der Waals surface area (Å²) in [6.07, 6.45) is 0.720. The van der Waals surface area contributed by atoms with Gasteiger partial charge < -0.3 is 10.4 Å². The summed E-state index contributed by atoms with van der Waals surface area (Å²) in [7, 11) is 0. The van der Waals surface area contributed by atoms with Crippen LogP contribution in [0.1, 0.15) is 31.9 Å². The second-order valence-corrected chi connectivity index (χ2v) is 3.95. The van der Waals surface area contributed by atoms with Gasteiger partial charge in [0.25, 0.3) is 0 Å². The lowest BCUT2D eigenvalue weighted by Crippen LogP contribution is -2.27. The normalized spacial score (nSPS) is 9.26. The molecule has 4 heteroatoms. The molecule has 0 aliphatic heterocycles. The number of Topliss-reactive ketones (excluding diaryl/α,β-unsaturated/α-hetero) is 1. The van der Waals surface area contributed by atoms with E-state index in [-0.39, 0.29) is 24.8 Å². The van der Waals surface area contributed by atoms with Crippen molar-refractivity contribution in [1.82, 2.24) is 5.32 Å². The molecule has 1 amide bonds. The summed E-state index contributed by atoms with van der Waals surface area (Å²) in [5, 5.41) is 11.1. The number of ketones is 1. The van der Waals surface area contributed by atoms with E-state index < -0.39 is 0 Å². The third-order valence-corrected chi connectivity index (χ3v) is 2.27. The molecule has 4 nitrogen and oxygen atoms in total. The third kappa shape index (κ3) is 8.11. The number of hydrogen-bond acceptors (Lipinski definition) is 3. The van der Waals surface area contributed by atoms with E-state index >= 15 is 0 Å². The first-order valence-electron chi connectivity index (χ1n) is 6.56. The number of nitrogens with one attached hydrogen (secondary N) is 1. The van der Waals surface area contributed by atoms with Gasteiger partial charge in [-0.2, -0.15) is 0 Å². The molecule has 0 radical (unpaired) electrons. The molecule has 0 fully saturated rings. The Hall–Kier alpha value is -1.68. The molecular formula is C15H23NO3. The van der Waals surface area contributed by atoms with Crippen LogP contribution in [0.5, 0.6) is 0 Å². The molecule has 0 saturated carbocycles. The van der Waals surface area contributed by atoms with E-state index in [1.807, 2.05) is 38.1 Å². The quantitative estimate of drug-likeness (QED) is 0.819. The smallest absolute Gasteiger partial charge is 0.224 e. The van der Waals surface area contributed by atoms with Crippen molar-refractivity contribution >= 4 is 11.7 Å². The number of carbonyl (C=O) groups is 2. The van der Waals surface area contributed by atoms with E-state index in [0.717, 1.165) is 11.1 Å². The predicted molar refractivity (Wildman–Crippen MR) is 76.0 cm³/mol. The van der Waals surface area contributed by atoms with Gasteiger partial charge in [-0.3, -0.25) is 9.59 Å². The van der Waals surface area contributed by atoms with Crippen molar-refractivity contribution in [2.24, 2.45) is 0 Å². The van der Waals surface area contributed by atoms with E-state index in [4.69, 9.17) is 5.11 Å². The highest BCUT2D eigenvalue weighted by Crippen LogP contribution is 2.06. The highest BCUT2D eigenvalue weighted by Gasteiger charge is 2.03. The van der Waals surface area contributed by atoms with Crippen LogP contribution in [0.2, 0.25) is 0 Å². The van der Waals surface area contributed by atoms with Crippen LogP contribution in [0.3, 0.4) is 0 Å². The first-order valence-corrected chi connectivity index (χ1v) is 6.56. The standard InChI is InChI=1S/C13H17NO3.C2H6/c1-10(16)8-11-2-4-12(5-3-11)9-13(17)14-6-7-15;1-2/h2-5,15H,6-9H2,1H3,(H,14,17);1-2H3. The minimum Gasteiger partial charge on any atom is -0.395 e. The van der Waals surface area contributed by atoms with Gasteiger partial charge in [-0.05, 0) is 18.1 Å². The maximum absolute atomic E-state index is 11.4. The molecule has 1 rings (SSSR count). The molecule has 1 aromatic rings. The van der Waals surface area contributed by atoms with Crippen molar-refractivity contribution in [1.29, 1.82) is 0 Å². The number of carbonyl (C=O) groups excluding carboxylic acids is 2. The Morgan fingerprint density at radius 2 is 1.53 bits per heavy atom. The van der Waals surface area contributed by atoms with Gasteiger partial charge in [0.2, 0.25) is 5.91 Å². The summed E-state index contributed by atoms with van der Waals surface area (Å²) in [6, 6.07) is 7.40. The van der Waals surface area contributed by atoms with Crippen LogP contribution in [0.4, 0.5) is 0 Å². The van der Waals surface area contributed by atoms with Crippen LogP contribution in [0.15, 0.2) is 24.3 Å². The second-order valence-electron chi connectivity index (χ2n) is 3.95. The van der Waals surface area contributed by atoms with E-state index in [1.165, 1.54) is 0 Å². The van der Waals surface area contributed by atoms with Crippen molar-refractivity contribution in [2.45, 2.75) is 33.6 Å². The van der Waals surface area contributed by atoms with Gasteiger partial charge >= 0.3 is 0 Å². The van der Waals surface area contributed by atoms with E-state index in [1.54, 1.807) is 6.92 Å². The lowest BCUT2D eigenvalue weighted by atomic mass is 10.1. The van der Waals surface area contributed by atoms with Crippen LogP contribution < -0.4 is 5.32 Å². The second kappa shape index (κ2) is 10.3. The van der Waals surface area contributed by atoms with Crippen LogP contribution in [-0.2, 0) is 22.4 Å². The van der Waals surface area contributed by atoms with E-state index in [9.17, 15) is 9.59 Å². The molecule has 0 aliphatic rings. The average Bonchev–Trinajstić information content (AvgIpc) is 2.40. The maximum Gasteiger partial charge on any atom is 0.224 e. The SMILES string of the molecule is CC.CC(=O)Cc1ccc(CC(=O)NCCO)cc1.